The Labute approximate surface area is 111 Å². The lowest BCUT2D eigenvalue weighted by molar-refractivity contribution is 0.304. The average molecular weight is 264 g/mol. The third kappa shape index (κ3) is 3.31. The third-order valence-corrected chi connectivity index (χ3v) is 2.71. The molecular formula is C14H14ClNO2. The summed E-state index contributed by atoms with van der Waals surface area (Å²) in [6.07, 6.45) is 0. The maximum absolute atomic E-state index is 5.82. The van der Waals surface area contributed by atoms with Crippen LogP contribution in [0.5, 0.6) is 11.5 Å². The number of nitrogen functional groups attached to an aromatic ring is 1. The summed E-state index contributed by atoms with van der Waals surface area (Å²) >= 11 is 5.82. The van der Waals surface area contributed by atoms with Crippen LogP contribution in [0.15, 0.2) is 42.5 Å². The molecule has 0 fully saturated rings. The molecule has 0 unspecified atom stereocenters. The van der Waals surface area contributed by atoms with Gasteiger partial charge in [-0.25, -0.2) is 0 Å². The highest BCUT2D eigenvalue weighted by Gasteiger charge is 2.01. The summed E-state index contributed by atoms with van der Waals surface area (Å²) in [4.78, 5) is 0. The van der Waals surface area contributed by atoms with E-state index in [1.54, 1.807) is 25.3 Å². The van der Waals surface area contributed by atoms with Gasteiger partial charge in [-0.2, -0.15) is 0 Å². The summed E-state index contributed by atoms with van der Waals surface area (Å²) in [5.41, 5.74) is 7.40. The molecule has 0 bridgehead atoms. The zero-order valence-electron chi connectivity index (χ0n) is 10.0. The minimum Gasteiger partial charge on any atom is -0.497 e. The highest BCUT2D eigenvalue weighted by Crippen LogP contribution is 2.24. The van der Waals surface area contributed by atoms with E-state index in [0.29, 0.717) is 28.8 Å². The van der Waals surface area contributed by atoms with E-state index in [0.717, 1.165) is 5.56 Å². The molecule has 0 atom stereocenters. The third-order valence-electron chi connectivity index (χ3n) is 2.46. The lowest BCUT2D eigenvalue weighted by atomic mass is 10.2. The van der Waals surface area contributed by atoms with Gasteiger partial charge in [-0.15, -0.1) is 0 Å². The Balaban J connectivity index is 2.05. The van der Waals surface area contributed by atoms with Gasteiger partial charge < -0.3 is 15.2 Å². The molecule has 2 N–H and O–H groups in total. The summed E-state index contributed by atoms with van der Waals surface area (Å²) in [7, 11) is 1.59. The number of rotatable bonds is 4. The minimum atomic E-state index is 0.462. The van der Waals surface area contributed by atoms with E-state index in [4.69, 9.17) is 26.8 Å². The van der Waals surface area contributed by atoms with Gasteiger partial charge in [-0.3, -0.25) is 0 Å². The summed E-state index contributed by atoms with van der Waals surface area (Å²) in [6, 6.07) is 12.8. The van der Waals surface area contributed by atoms with Gasteiger partial charge in [0.1, 0.15) is 18.1 Å². The molecule has 0 amide bonds. The zero-order valence-corrected chi connectivity index (χ0v) is 10.8. The van der Waals surface area contributed by atoms with Crippen molar-refractivity contribution in [3.8, 4) is 11.5 Å². The predicted molar refractivity (Wildman–Crippen MR) is 73.2 cm³/mol. The molecule has 18 heavy (non-hydrogen) atoms. The molecule has 2 aromatic rings. The SMILES string of the molecule is COc1cc(N)cc(OCc2ccc(Cl)cc2)c1. The van der Waals surface area contributed by atoms with Crippen molar-refractivity contribution in [3.05, 3.63) is 53.1 Å². The van der Waals surface area contributed by atoms with E-state index in [9.17, 15) is 0 Å². The first-order valence-corrected chi connectivity index (χ1v) is 5.87. The van der Waals surface area contributed by atoms with Gasteiger partial charge in [0.05, 0.1) is 7.11 Å². The first-order chi connectivity index (χ1) is 8.67. The molecule has 0 radical (unpaired) electrons. The predicted octanol–water partition coefficient (Wildman–Crippen LogP) is 3.51. The molecule has 0 aromatic heterocycles. The van der Waals surface area contributed by atoms with Gasteiger partial charge in [-0.1, -0.05) is 23.7 Å². The first kappa shape index (κ1) is 12.6. The van der Waals surface area contributed by atoms with Gasteiger partial charge in [0.2, 0.25) is 0 Å². The Bertz CT molecular complexity index is 526. The van der Waals surface area contributed by atoms with Crippen LogP contribution in [-0.4, -0.2) is 7.11 Å². The number of benzene rings is 2. The van der Waals surface area contributed by atoms with E-state index < -0.39 is 0 Å². The van der Waals surface area contributed by atoms with E-state index >= 15 is 0 Å². The van der Waals surface area contributed by atoms with Gasteiger partial charge in [0.15, 0.2) is 0 Å². The fraction of sp³-hybridized carbons (Fsp3) is 0.143. The Morgan fingerprint density at radius 1 is 1.06 bits per heavy atom. The van der Waals surface area contributed by atoms with Crippen molar-refractivity contribution in [2.24, 2.45) is 0 Å². The molecule has 0 aliphatic heterocycles. The van der Waals surface area contributed by atoms with Gasteiger partial charge in [0, 0.05) is 28.9 Å². The summed E-state index contributed by atoms with van der Waals surface area (Å²) in [5.74, 6) is 1.36. The quantitative estimate of drug-likeness (QED) is 0.859. The average Bonchev–Trinajstić information content (AvgIpc) is 2.37. The van der Waals surface area contributed by atoms with Crippen LogP contribution in [0, 0.1) is 0 Å². The second kappa shape index (κ2) is 5.65. The molecule has 2 rings (SSSR count). The Hall–Kier alpha value is -1.87. The molecular weight excluding hydrogens is 250 g/mol. The first-order valence-electron chi connectivity index (χ1n) is 5.49. The lowest BCUT2D eigenvalue weighted by Gasteiger charge is -2.09. The van der Waals surface area contributed by atoms with Crippen LogP contribution in [-0.2, 0) is 6.61 Å². The smallest absolute Gasteiger partial charge is 0.125 e. The van der Waals surface area contributed by atoms with E-state index in [2.05, 4.69) is 0 Å². The van der Waals surface area contributed by atoms with Crippen LogP contribution < -0.4 is 15.2 Å². The minimum absolute atomic E-state index is 0.462. The monoisotopic (exact) mass is 263 g/mol. The number of anilines is 1. The molecule has 0 aliphatic carbocycles. The van der Waals surface area contributed by atoms with Gasteiger partial charge >= 0.3 is 0 Å². The second-order valence-corrected chi connectivity index (χ2v) is 4.29. The van der Waals surface area contributed by atoms with Gasteiger partial charge in [-0.05, 0) is 17.7 Å². The molecule has 0 spiro atoms. The standard InChI is InChI=1S/C14H14ClNO2/c1-17-13-6-12(16)7-14(8-13)18-9-10-2-4-11(15)5-3-10/h2-8H,9,16H2,1H3. The van der Waals surface area contributed by atoms with Gasteiger partial charge in [0.25, 0.3) is 0 Å². The van der Waals surface area contributed by atoms with Crippen LogP contribution in [0.2, 0.25) is 5.02 Å². The molecule has 94 valence electrons. The van der Waals surface area contributed by atoms with Crippen molar-refractivity contribution in [2.75, 3.05) is 12.8 Å². The van der Waals surface area contributed by atoms with Crippen molar-refractivity contribution in [2.45, 2.75) is 6.61 Å². The Morgan fingerprint density at radius 2 is 1.72 bits per heavy atom. The number of halogens is 1. The molecule has 0 aliphatic rings. The number of hydrogen-bond donors (Lipinski definition) is 1. The summed E-state index contributed by atoms with van der Waals surface area (Å²) < 4.78 is 10.8. The van der Waals surface area contributed by atoms with Crippen molar-refractivity contribution in [1.29, 1.82) is 0 Å². The van der Waals surface area contributed by atoms with E-state index in [-0.39, 0.29) is 0 Å². The zero-order chi connectivity index (χ0) is 13.0. The summed E-state index contributed by atoms with van der Waals surface area (Å²) in [5, 5.41) is 0.712. The molecule has 2 aromatic carbocycles. The molecule has 4 heteroatoms. The number of nitrogens with two attached hydrogens (primary N) is 1. The lowest BCUT2D eigenvalue weighted by Crippen LogP contribution is -1.97. The fourth-order valence-electron chi connectivity index (χ4n) is 1.54. The van der Waals surface area contributed by atoms with Crippen LogP contribution >= 0.6 is 11.6 Å². The normalized spacial score (nSPS) is 10.1. The topological polar surface area (TPSA) is 44.5 Å². The number of methoxy groups -OCH3 is 1. The van der Waals surface area contributed by atoms with Crippen molar-refractivity contribution < 1.29 is 9.47 Å². The Kier molecular flexibility index (Phi) is 3.95. The second-order valence-electron chi connectivity index (χ2n) is 3.86. The molecule has 3 nitrogen and oxygen atoms in total. The van der Waals surface area contributed by atoms with Crippen LogP contribution in [0.1, 0.15) is 5.56 Å². The van der Waals surface area contributed by atoms with E-state index in [1.807, 2.05) is 24.3 Å². The summed E-state index contributed by atoms with van der Waals surface area (Å²) in [6.45, 7) is 0.462. The Morgan fingerprint density at radius 3 is 2.39 bits per heavy atom. The van der Waals surface area contributed by atoms with Crippen LogP contribution in [0.4, 0.5) is 5.69 Å². The van der Waals surface area contributed by atoms with Crippen molar-refractivity contribution in [1.82, 2.24) is 0 Å². The van der Waals surface area contributed by atoms with Crippen LogP contribution in [0.3, 0.4) is 0 Å². The largest absolute Gasteiger partial charge is 0.497 e. The molecule has 0 saturated heterocycles. The van der Waals surface area contributed by atoms with E-state index in [1.165, 1.54) is 0 Å². The molecule has 0 saturated carbocycles. The maximum atomic E-state index is 5.82. The highest BCUT2D eigenvalue weighted by atomic mass is 35.5. The highest BCUT2D eigenvalue weighted by molar-refractivity contribution is 6.30. The number of hydrogen-bond acceptors (Lipinski definition) is 3. The molecule has 0 heterocycles. The maximum Gasteiger partial charge on any atom is 0.125 e. The van der Waals surface area contributed by atoms with Crippen LogP contribution in [0.25, 0.3) is 0 Å². The number of ether oxygens (including phenoxy) is 2. The van der Waals surface area contributed by atoms with Crippen molar-refractivity contribution >= 4 is 17.3 Å². The fourth-order valence-corrected chi connectivity index (χ4v) is 1.67. The van der Waals surface area contributed by atoms with Crippen molar-refractivity contribution in [3.63, 3.8) is 0 Å².